The van der Waals surface area contributed by atoms with E-state index < -0.39 is 0 Å². The van der Waals surface area contributed by atoms with Gasteiger partial charge in [-0.05, 0) is 44.0 Å². The molecule has 1 aromatic carbocycles. The van der Waals surface area contributed by atoms with Crippen molar-refractivity contribution < 1.29 is 4.74 Å². The lowest BCUT2D eigenvalue weighted by Gasteiger charge is -2.24. The second kappa shape index (κ2) is 5.06. The molecule has 0 aliphatic rings. The first-order valence-electron chi connectivity index (χ1n) is 5.49. The largest absolute Gasteiger partial charge is 0.496 e. The smallest absolute Gasteiger partial charge is 0.122 e. The topological polar surface area (TPSA) is 12.5 Å². The molecule has 0 heterocycles. The molecule has 15 heavy (non-hydrogen) atoms. The van der Waals surface area contributed by atoms with Crippen LogP contribution < -0.4 is 9.64 Å². The van der Waals surface area contributed by atoms with E-state index in [1.165, 1.54) is 11.3 Å². The van der Waals surface area contributed by atoms with Crippen molar-refractivity contribution in [2.75, 3.05) is 19.1 Å². The molecule has 0 aliphatic heterocycles. The van der Waals surface area contributed by atoms with Gasteiger partial charge in [0.25, 0.3) is 0 Å². The lowest BCUT2D eigenvalue weighted by atomic mass is 10.1. The average Bonchev–Trinajstić information content (AvgIpc) is 2.26. The number of rotatable bonds is 4. The first-order valence-corrected chi connectivity index (χ1v) is 5.49. The van der Waals surface area contributed by atoms with Gasteiger partial charge in [-0.25, -0.2) is 0 Å². The summed E-state index contributed by atoms with van der Waals surface area (Å²) in [5, 5.41) is 0. The van der Waals surface area contributed by atoms with Crippen LogP contribution in [0, 0.1) is 0 Å². The molecule has 0 unspecified atom stereocenters. The summed E-state index contributed by atoms with van der Waals surface area (Å²) < 4.78 is 5.31. The minimum Gasteiger partial charge on any atom is -0.496 e. The molecule has 0 radical (unpaired) electrons. The van der Waals surface area contributed by atoms with E-state index >= 15 is 0 Å². The molecule has 0 N–H and O–H groups in total. The summed E-state index contributed by atoms with van der Waals surface area (Å²) >= 11 is 0. The fraction of sp³-hybridized carbons (Fsp3) is 0.538. The normalized spacial score (nSPS) is 10.5. The molecule has 0 amide bonds. The van der Waals surface area contributed by atoms with Gasteiger partial charge in [-0.3, -0.25) is 0 Å². The Morgan fingerprint density at radius 1 is 1.33 bits per heavy atom. The summed E-state index contributed by atoms with van der Waals surface area (Å²) in [6, 6.07) is 6.88. The van der Waals surface area contributed by atoms with Gasteiger partial charge in [-0.1, -0.05) is 6.92 Å². The lowest BCUT2D eigenvalue weighted by Crippen LogP contribution is -2.25. The molecule has 84 valence electrons. The third kappa shape index (κ3) is 2.65. The Labute approximate surface area is 92.9 Å². The first-order chi connectivity index (χ1) is 7.10. The summed E-state index contributed by atoms with van der Waals surface area (Å²) in [6.07, 6.45) is 1.00. The molecule has 0 aromatic heterocycles. The van der Waals surface area contributed by atoms with Gasteiger partial charge in [-0.2, -0.15) is 0 Å². The zero-order valence-electron chi connectivity index (χ0n) is 10.4. The lowest BCUT2D eigenvalue weighted by molar-refractivity contribution is 0.410. The van der Waals surface area contributed by atoms with Gasteiger partial charge in [0, 0.05) is 18.8 Å². The maximum atomic E-state index is 5.31. The van der Waals surface area contributed by atoms with Crippen LogP contribution in [0.2, 0.25) is 0 Å². The molecule has 2 nitrogen and oxygen atoms in total. The monoisotopic (exact) mass is 207 g/mol. The fourth-order valence-corrected chi connectivity index (χ4v) is 1.56. The SMILES string of the molecule is CCc1cc(N(C)C(C)C)ccc1OC. The van der Waals surface area contributed by atoms with Crippen LogP contribution in [0.15, 0.2) is 18.2 Å². The van der Waals surface area contributed by atoms with Crippen molar-refractivity contribution in [2.24, 2.45) is 0 Å². The van der Waals surface area contributed by atoms with Crippen molar-refractivity contribution >= 4 is 5.69 Å². The van der Waals surface area contributed by atoms with Crippen molar-refractivity contribution in [3.05, 3.63) is 23.8 Å². The number of hydrogen-bond acceptors (Lipinski definition) is 2. The molecular weight excluding hydrogens is 186 g/mol. The van der Waals surface area contributed by atoms with Crippen LogP contribution in [0.3, 0.4) is 0 Å². The summed E-state index contributed by atoms with van der Waals surface area (Å²) in [5.41, 5.74) is 2.52. The Hall–Kier alpha value is -1.18. The molecule has 0 spiro atoms. The van der Waals surface area contributed by atoms with Crippen molar-refractivity contribution in [3.63, 3.8) is 0 Å². The second-order valence-corrected chi connectivity index (χ2v) is 4.05. The van der Waals surface area contributed by atoms with Crippen molar-refractivity contribution in [1.29, 1.82) is 0 Å². The van der Waals surface area contributed by atoms with Crippen LogP contribution in [-0.4, -0.2) is 20.2 Å². The Morgan fingerprint density at radius 2 is 2.00 bits per heavy atom. The molecule has 0 fully saturated rings. The number of hydrogen-bond donors (Lipinski definition) is 0. The molecule has 1 rings (SSSR count). The minimum atomic E-state index is 0.517. The predicted molar refractivity (Wildman–Crippen MR) is 65.9 cm³/mol. The number of benzene rings is 1. The minimum absolute atomic E-state index is 0.517. The summed E-state index contributed by atoms with van der Waals surface area (Å²) in [6.45, 7) is 6.53. The van der Waals surface area contributed by atoms with Gasteiger partial charge in [0.15, 0.2) is 0 Å². The Balaban J connectivity index is 3.02. The van der Waals surface area contributed by atoms with E-state index in [4.69, 9.17) is 4.74 Å². The van der Waals surface area contributed by atoms with Crippen LogP contribution in [0.25, 0.3) is 0 Å². The molecule has 2 heteroatoms. The third-order valence-corrected chi connectivity index (χ3v) is 2.83. The number of anilines is 1. The fourth-order valence-electron chi connectivity index (χ4n) is 1.56. The second-order valence-electron chi connectivity index (χ2n) is 4.05. The summed E-state index contributed by atoms with van der Waals surface area (Å²) in [4.78, 5) is 2.26. The van der Waals surface area contributed by atoms with Gasteiger partial charge < -0.3 is 9.64 Å². The maximum Gasteiger partial charge on any atom is 0.122 e. The van der Waals surface area contributed by atoms with Crippen LogP contribution >= 0.6 is 0 Å². The quantitative estimate of drug-likeness (QED) is 0.752. The number of ether oxygens (including phenoxy) is 1. The molecular formula is C13H21NO. The van der Waals surface area contributed by atoms with Crippen molar-refractivity contribution in [3.8, 4) is 5.75 Å². The van der Waals surface area contributed by atoms with Crippen molar-refractivity contribution in [1.82, 2.24) is 0 Å². The van der Waals surface area contributed by atoms with Gasteiger partial charge in [-0.15, -0.1) is 0 Å². The van der Waals surface area contributed by atoms with Gasteiger partial charge in [0.05, 0.1) is 7.11 Å². The first kappa shape index (κ1) is 11.9. The van der Waals surface area contributed by atoms with E-state index in [2.05, 4.69) is 44.9 Å². The van der Waals surface area contributed by atoms with E-state index in [-0.39, 0.29) is 0 Å². The zero-order valence-corrected chi connectivity index (χ0v) is 10.4. The van der Waals surface area contributed by atoms with Crippen LogP contribution in [0.1, 0.15) is 26.3 Å². The molecule has 1 aromatic rings. The average molecular weight is 207 g/mol. The van der Waals surface area contributed by atoms with Crippen LogP contribution in [-0.2, 0) is 6.42 Å². The number of aryl methyl sites for hydroxylation is 1. The highest BCUT2D eigenvalue weighted by atomic mass is 16.5. The third-order valence-electron chi connectivity index (χ3n) is 2.83. The summed E-state index contributed by atoms with van der Waals surface area (Å²) in [7, 11) is 3.84. The molecule has 0 saturated heterocycles. The molecule has 0 aliphatic carbocycles. The molecule has 0 atom stereocenters. The Kier molecular flexibility index (Phi) is 4.01. The molecule has 0 bridgehead atoms. The predicted octanol–water partition coefficient (Wildman–Crippen LogP) is 3.10. The standard InChI is InChI=1S/C13H21NO/c1-6-11-9-12(14(4)10(2)3)7-8-13(11)15-5/h7-10H,6H2,1-5H3. The highest BCUT2D eigenvalue weighted by molar-refractivity contribution is 5.53. The Bertz CT molecular complexity index is 320. The van der Waals surface area contributed by atoms with E-state index in [1.54, 1.807) is 7.11 Å². The van der Waals surface area contributed by atoms with E-state index in [1.807, 2.05) is 6.07 Å². The summed E-state index contributed by atoms with van der Waals surface area (Å²) in [5.74, 6) is 0.985. The number of methoxy groups -OCH3 is 1. The maximum absolute atomic E-state index is 5.31. The van der Waals surface area contributed by atoms with E-state index in [0.717, 1.165) is 12.2 Å². The highest BCUT2D eigenvalue weighted by Crippen LogP contribution is 2.25. The van der Waals surface area contributed by atoms with Crippen molar-refractivity contribution in [2.45, 2.75) is 33.2 Å². The van der Waals surface area contributed by atoms with Crippen LogP contribution in [0.5, 0.6) is 5.75 Å². The van der Waals surface area contributed by atoms with Gasteiger partial charge in [0.1, 0.15) is 5.75 Å². The van der Waals surface area contributed by atoms with Crippen LogP contribution in [0.4, 0.5) is 5.69 Å². The van der Waals surface area contributed by atoms with E-state index in [9.17, 15) is 0 Å². The van der Waals surface area contributed by atoms with E-state index in [0.29, 0.717) is 6.04 Å². The Morgan fingerprint density at radius 3 is 2.47 bits per heavy atom. The number of nitrogens with zero attached hydrogens (tertiary/aromatic N) is 1. The highest BCUT2D eigenvalue weighted by Gasteiger charge is 2.08. The molecule has 0 saturated carbocycles. The van der Waals surface area contributed by atoms with Gasteiger partial charge in [0.2, 0.25) is 0 Å². The zero-order chi connectivity index (χ0) is 11.4. The van der Waals surface area contributed by atoms with Gasteiger partial charge >= 0.3 is 0 Å².